The van der Waals surface area contributed by atoms with Gasteiger partial charge in [-0.3, -0.25) is 10.1 Å². The molecule has 0 saturated heterocycles. The largest absolute Gasteiger partial charge is 0.324 e. The molecule has 2 rings (SSSR count). The van der Waals surface area contributed by atoms with Crippen molar-refractivity contribution in [2.45, 2.75) is 58.0 Å². The van der Waals surface area contributed by atoms with Gasteiger partial charge in [-0.1, -0.05) is 38.7 Å². The molecule has 1 aromatic rings. The fourth-order valence-electron chi connectivity index (χ4n) is 2.65. The Morgan fingerprint density at radius 3 is 2.90 bits per heavy atom. The molecule has 0 aromatic heterocycles. The van der Waals surface area contributed by atoms with E-state index in [0.717, 1.165) is 12.0 Å². The predicted molar refractivity (Wildman–Crippen MR) is 79.1 cm³/mol. The summed E-state index contributed by atoms with van der Waals surface area (Å²) in [4.78, 5) is 12.0. The molecule has 0 radical (unpaired) electrons. The molecular weight excluding hydrogens is 255 g/mol. The van der Waals surface area contributed by atoms with Crippen LogP contribution in [0.15, 0.2) is 18.2 Å². The zero-order valence-corrected chi connectivity index (χ0v) is 12.2. The highest BCUT2D eigenvalue weighted by Crippen LogP contribution is 2.31. The van der Waals surface area contributed by atoms with Crippen LogP contribution < -0.4 is 10.6 Å². The fourth-order valence-corrected chi connectivity index (χ4v) is 2.65. The molecule has 0 spiro atoms. The molecule has 1 amide bonds. The van der Waals surface area contributed by atoms with Crippen molar-refractivity contribution in [2.75, 3.05) is 5.32 Å². The molecule has 20 heavy (non-hydrogen) atoms. The van der Waals surface area contributed by atoms with Gasteiger partial charge in [-0.2, -0.15) is 0 Å². The lowest BCUT2D eigenvalue weighted by Gasteiger charge is -2.18. The summed E-state index contributed by atoms with van der Waals surface area (Å²) in [6.45, 7) is 4.29. The van der Waals surface area contributed by atoms with Gasteiger partial charge in [0.05, 0.1) is 0 Å². The molecule has 0 fully saturated rings. The number of unbranched alkanes of at least 4 members (excludes halogenated alkanes) is 3. The van der Waals surface area contributed by atoms with Crippen molar-refractivity contribution in [3.63, 3.8) is 0 Å². The summed E-state index contributed by atoms with van der Waals surface area (Å²) < 4.78 is 13.1. The predicted octanol–water partition coefficient (Wildman–Crippen LogP) is 3.77. The zero-order valence-electron chi connectivity index (χ0n) is 12.2. The molecular formula is C16H23FN2O. The van der Waals surface area contributed by atoms with E-state index >= 15 is 0 Å². The molecule has 4 heteroatoms. The Hall–Kier alpha value is -1.42. The highest BCUT2D eigenvalue weighted by Gasteiger charge is 2.31. The van der Waals surface area contributed by atoms with Crippen LogP contribution in [0.1, 0.15) is 57.6 Å². The Morgan fingerprint density at radius 1 is 1.35 bits per heavy atom. The molecule has 2 unspecified atom stereocenters. The summed E-state index contributed by atoms with van der Waals surface area (Å²) in [7, 11) is 0. The molecule has 0 saturated carbocycles. The number of halogens is 1. The second-order valence-electron chi connectivity index (χ2n) is 5.57. The number of amides is 1. The van der Waals surface area contributed by atoms with Crippen molar-refractivity contribution in [1.82, 2.24) is 5.32 Å². The number of hydrogen-bond acceptors (Lipinski definition) is 2. The summed E-state index contributed by atoms with van der Waals surface area (Å²) in [6.07, 6.45) is 5.96. The van der Waals surface area contributed by atoms with Crippen LogP contribution in [0.5, 0.6) is 0 Å². The minimum absolute atomic E-state index is 0.0917. The Kier molecular flexibility index (Phi) is 5.12. The van der Waals surface area contributed by atoms with Crippen molar-refractivity contribution in [2.24, 2.45) is 0 Å². The van der Waals surface area contributed by atoms with E-state index in [1.165, 1.54) is 37.8 Å². The maximum atomic E-state index is 13.1. The second-order valence-corrected chi connectivity index (χ2v) is 5.57. The van der Waals surface area contributed by atoms with Crippen LogP contribution in [-0.4, -0.2) is 11.9 Å². The van der Waals surface area contributed by atoms with E-state index in [9.17, 15) is 9.18 Å². The molecule has 1 aliphatic heterocycles. The number of fused-ring (bicyclic) bond motifs is 1. The number of benzene rings is 1. The van der Waals surface area contributed by atoms with Gasteiger partial charge in [-0.15, -0.1) is 0 Å². The monoisotopic (exact) mass is 278 g/mol. The first kappa shape index (κ1) is 15.0. The third-order valence-corrected chi connectivity index (χ3v) is 3.79. The van der Waals surface area contributed by atoms with Crippen LogP contribution in [0, 0.1) is 5.82 Å². The van der Waals surface area contributed by atoms with Crippen LogP contribution >= 0.6 is 0 Å². The quantitative estimate of drug-likeness (QED) is 0.745. The third-order valence-electron chi connectivity index (χ3n) is 3.79. The smallest absolute Gasteiger partial charge is 0.246 e. The average Bonchev–Trinajstić information content (AvgIpc) is 2.70. The molecule has 2 N–H and O–H groups in total. The molecule has 3 nitrogen and oxygen atoms in total. The average molecular weight is 278 g/mol. The van der Waals surface area contributed by atoms with Gasteiger partial charge >= 0.3 is 0 Å². The van der Waals surface area contributed by atoms with Crippen LogP contribution in [0.4, 0.5) is 10.1 Å². The van der Waals surface area contributed by atoms with Crippen molar-refractivity contribution < 1.29 is 9.18 Å². The van der Waals surface area contributed by atoms with Crippen LogP contribution in [0.25, 0.3) is 0 Å². The Balaban J connectivity index is 1.91. The van der Waals surface area contributed by atoms with E-state index in [1.807, 2.05) is 0 Å². The number of carbonyl (C=O) groups is 1. The van der Waals surface area contributed by atoms with Gasteiger partial charge in [0, 0.05) is 17.3 Å². The molecule has 1 aliphatic rings. The van der Waals surface area contributed by atoms with E-state index in [-0.39, 0.29) is 23.8 Å². The van der Waals surface area contributed by atoms with Crippen LogP contribution in [0.3, 0.4) is 0 Å². The fraction of sp³-hybridized carbons (Fsp3) is 0.562. The third kappa shape index (κ3) is 3.57. The van der Waals surface area contributed by atoms with Crippen molar-refractivity contribution in [3.05, 3.63) is 29.6 Å². The number of nitrogens with one attached hydrogen (secondary N) is 2. The van der Waals surface area contributed by atoms with Gasteiger partial charge < -0.3 is 5.32 Å². The lowest BCUT2D eigenvalue weighted by molar-refractivity contribution is -0.117. The highest BCUT2D eigenvalue weighted by atomic mass is 19.1. The maximum Gasteiger partial charge on any atom is 0.246 e. The van der Waals surface area contributed by atoms with Gasteiger partial charge in [-0.05, 0) is 25.5 Å². The summed E-state index contributed by atoms with van der Waals surface area (Å²) in [5.74, 6) is -0.414. The molecule has 1 heterocycles. The van der Waals surface area contributed by atoms with Gasteiger partial charge in [0.15, 0.2) is 0 Å². The zero-order chi connectivity index (χ0) is 14.5. The second kappa shape index (κ2) is 6.84. The van der Waals surface area contributed by atoms with Crippen molar-refractivity contribution >= 4 is 11.6 Å². The van der Waals surface area contributed by atoms with E-state index in [2.05, 4.69) is 24.5 Å². The Labute approximate surface area is 120 Å². The normalized spacial score (nSPS) is 18.8. The standard InChI is InChI=1S/C16H23FN2O/c1-3-4-5-6-7-11(2)18-15-13-9-8-12(17)10-14(13)19-16(15)20/h8-11,15,18H,3-7H2,1-2H3,(H,19,20). The van der Waals surface area contributed by atoms with Crippen molar-refractivity contribution in [3.8, 4) is 0 Å². The van der Waals surface area contributed by atoms with Gasteiger partial charge in [0.1, 0.15) is 11.9 Å². The SMILES string of the molecule is CCCCCCC(C)NC1C(=O)Nc2cc(F)ccc21. The lowest BCUT2D eigenvalue weighted by atomic mass is 10.0. The van der Waals surface area contributed by atoms with Gasteiger partial charge in [0.2, 0.25) is 5.91 Å². The lowest BCUT2D eigenvalue weighted by Crippen LogP contribution is -2.34. The number of anilines is 1. The number of hydrogen-bond donors (Lipinski definition) is 2. The van der Waals surface area contributed by atoms with E-state index < -0.39 is 0 Å². The van der Waals surface area contributed by atoms with Crippen LogP contribution in [0.2, 0.25) is 0 Å². The summed E-state index contributed by atoms with van der Waals surface area (Å²) in [5, 5.41) is 6.08. The number of rotatable bonds is 7. The topological polar surface area (TPSA) is 41.1 Å². The highest BCUT2D eigenvalue weighted by molar-refractivity contribution is 6.02. The Morgan fingerprint density at radius 2 is 2.15 bits per heavy atom. The van der Waals surface area contributed by atoms with Crippen LogP contribution in [-0.2, 0) is 4.79 Å². The summed E-state index contributed by atoms with van der Waals surface area (Å²) in [6, 6.07) is 4.38. The molecule has 2 atom stereocenters. The minimum atomic E-state index is -0.355. The minimum Gasteiger partial charge on any atom is -0.324 e. The van der Waals surface area contributed by atoms with E-state index in [1.54, 1.807) is 6.07 Å². The number of carbonyl (C=O) groups excluding carboxylic acids is 1. The molecule has 110 valence electrons. The molecule has 0 bridgehead atoms. The summed E-state index contributed by atoms with van der Waals surface area (Å²) >= 11 is 0. The first-order chi connectivity index (χ1) is 9.61. The first-order valence-corrected chi connectivity index (χ1v) is 7.48. The Bertz CT molecular complexity index is 476. The summed E-state index contributed by atoms with van der Waals surface area (Å²) in [5.41, 5.74) is 1.43. The van der Waals surface area contributed by atoms with E-state index in [0.29, 0.717) is 5.69 Å². The molecule has 0 aliphatic carbocycles. The maximum absolute atomic E-state index is 13.1. The van der Waals surface area contributed by atoms with Gasteiger partial charge in [-0.25, -0.2) is 4.39 Å². The van der Waals surface area contributed by atoms with E-state index in [4.69, 9.17) is 0 Å². The van der Waals surface area contributed by atoms with Crippen molar-refractivity contribution in [1.29, 1.82) is 0 Å². The first-order valence-electron chi connectivity index (χ1n) is 7.48. The molecule has 1 aromatic carbocycles. The van der Waals surface area contributed by atoms with Gasteiger partial charge in [0.25, 0.3) is 0 Å².